The largest absolute Gasteiger partial charge is 0.443 e. The predicted molar refractivity (Wildman–Crippen MR) is 100 cm³/mol. The summed E-state index contributed by atoms with van der Waals surface area (Å²) in [6, 6.07) is 15.9. The number of nitrogens with zero attached hydrogens (tertiary/aromatic N) is 1. The fourth-order valence-electron chi connectivity index (χ4n) is 3.95. The summed E-state index contributed by atoms with van der Waals surface area (Å²) in [7, 11) is 0. The number of carbonyl (C=O) groups is 1. The molecule has 2 bridgehead atoms. The molecule has 5 rings (SSSR count). The Hall–Kier alpha value is -1.46. The van der Waals surface area contributed by atoms with Gasteiger partial charge in [0.15, 0.2) is 0 Å². The van der Waals surface area contributed by atoms with E-state index in [1.807, 2.05) is 62.4 Å². The van der Waals surface area contributed by atoms with E-state index in [-0.39, 0.29) is 6.61 Å². The highest BCUT2D eigenvalue weighted by Gasteiger charge is 2.59. The molecule has 0 atom stereocenters. The van der Waals surface area contributed by atoms with Gasteiger partial charge in [-0.25, -0.2) is 4.79 Å². The van der Waals surface area contributed by atoms with Crippen molar-refractivity contribution in [1.82, 2.24) is 5.06 Å². The van der Waals surface area contributed by atoms with E-state index in [9.17, 15) is 4.79 Å². The van der Waals surface area contributed by atoms with Crippen molar-refractivity contribution in [3.63, 3.8) is 0 Å². The van der Waals surface area contributed by atoms with E-state index in [4.69, 9.17) is 44.4 Å². The van der Waals surface area contributed by atoms with Crippen LogP contribution in [0, 0.1) is 0 Å². The lowest BCUT2D eigenvalue weighted by molar-refractivity contribution is -0.272. The first-order valence-electron chi connectivity index (χ1n) is 8.11. The summed E-state index contributed by atoms with van der Waals surface area (Å²) in [6.07, 6.45) is -0.700. The van der Waals surface area contributed by atoms with Crippen LogP contribution in [-0.2, 0) is 20.7 Å². The first-order valence-corrected chi connectivity index (χ1v) is 9.24. The minimum absolute atomic E-state index is 0.369. The average molecular weight is 413 g/mol. The van der Waals surface area contributed by atoms with E-state index in [2.05, 4.69) is 0 Å². The lowest BCUT2D eigenvalue weighted by Crippen LogP contribution is -2.61. The number of rotatable bonds is 1. The molecule has 3 aliphatic rings. The maximum absolute atomic E-state index is 12.8. The molecule has 136 valence electrons. The Kier molecular flexibility index (Phi) is 3.98. The molecule has 0 fully saturated rings. The standard InChI is InChI=1S/C19H16Cl3NO3/c1-17-12-7-3-5-9-14(12)18(2,15-10-6-4-8-13(15)17)26-23(17)16(24)25-11-19(20,21)22/h3-10H,11H2,1-2H3. The molecule has 0 spiro atoms. The third kappa shape index (κ3) is 2.43. The first-order chi connectivity index (χ1) is 12.2. The molecule has 2 aromatic carbocycles. The van der Waals surface area contributed by atoms with E-state index in [1.165, 1.54) is 5.06 Å². The Bertz CT molecular complexity index is 846. The molecule has 4 nitrogen and oxygen atoms in total. The van der Waals surface area contributed by atoms with Gasteiger partial charge in [-0.05, 0) is 36.1 Å². The van der Waals surface area contributed by atoms with E-state index in [0.29, 0.717) is 0 Å². The van der Waals surface area contributed by atoms with Crippen LogP contribution in [0.15, 0.2) is 48.5 Å². The van der Waals surface area contributed by atoms with E-state index >= 15 is 0 Å². The molecule has 2 aromatic rings. The molecule has 1 aliphatic carbocycles. The summed E-state index contributed by atoms with van der Waals surface area (Å²) >= 11 is 17.1. The van der Waals surface area contributed by atoms with Crippen molar-refractivity contribution < 1.29 is 14.4 Å². The summed E-state index contributed by atoms with van der Waals surface area (Å²) < 4.78 is 3.52. The molecule has 7 heteroatoms. The zero-order valence-corrected chi connectivity index (χ0v) is 16.4. The second-order valence-corrected chi connectivity index (χ2v) is 9.27. The van der Waals surface area contributed by atoms with Gasteiger partial charge in [-0.1, -0.05) is 83.3 Å². The lowest BCUT2D eigenvalue weighted by Gasteiger charge is -2.56. The Morgan fingerprint density at radius 1 is 1.00 bits per heavy atom. The maximum Gasteiger partial charge on any atom is 0.435 e. The molecule has 0 saturated carbocycles. The van der Waals surface area contributed by atoms with Gasteiger partial charge in [-0.2, -0.15) is 5.06 Å². The monoisotopic (exact) mass is 411 g/mol. The zero-order chi connectivity index (χ0) is 18.7. The number of benzene rings is 2. The minimum atomic E-state index is -1.69. The Morgan fingerprint density at radius 3 is 1.92 bits per heavy atom. The summed E-state index contributed by atoms with van der Waals surface area (Å²) in [4.78, 5) is 19.0. The van der Waals surface area contributed by atoms with Crippen LogP contribution in [0.3, 0.4) is 0 Å². The third-order valence-corrected chi connectivity index (χ3v) is 5.46. The summed E-state index contributed by atoms with van der Waals surface area (Å²) in [5, 5.41) is 1.26. The number of hydrogen-bond acceptors (Lipinski definition) is 3. The van der Waals surface area contributed by atoms with Gasteiger partial charge in [0.25, 0.3) is 0 Å². The molecule has 0 N–H and O–H groups in total. The van der Waals surface area contributed by atoms with Crippen LogP contribution in [0.5, 0.6) is 0 Å². The maximum atomic E-state index is 12.8. The predicted octanol–water partition coefficient (Wildman–Crippen LogP) is 5.28. The van der Waals surface area contributed by atoms with Crippen LogP contribution in [0.25, 0.3) is 0 Å². The zero-order valence-electron chi connectivity index (χ0n) is 14.1. The van der Waals surface area contributed by atoms with Gasteiger partial charge in [-0.15, -0.1) is 0 Å². The van der Waals surface area contributed by atoms with Gasteiger partial charge < -0.3 is 4.74 Å². The van der Waals surface area contributed by atoms with Gasteiger partial charge in [0.1, 0.15) is 17.7 Å². The normalized spacial score (nSPS) is 26.3. The van der Waals surface area contributed by atoms with Crippen molar-refractivity contribution >= 4 is 40.9 Å². The second-order valence-electron chi connectivity index (χ2n) is 6.75. The van der Waals surface area contributed by atoms with E-state index in [1.54, 1.807) is 0 Å². The molecule has 0 saturated heterocycles. The van der Waals surface area contributed by atoms with Crippen molar-refractivity contribution in [2.45, 2.75) is 28.8 Å². The van der Waals surface area contributed by atoms with Crippen molar-refractivity contribution in [2.75, 3.05) is 6.61 Å². The summed E-state index contributed by atoms with van der Waals surface area (Å²) in [5.74, 6) is 0. The van der Waals surface area contributed by atoms with Crippen LogP contribution in [0.4, 0.5) is 4.79 Å². The lowest BCUT2D eigenvalue weighted by atomic mass is 9.65. The highest BCUT2D eigenvalue weighted by Crippen LogP contribution is 2.57. The van der Waals surface area contributed by atoms with Gasteiger partial charge in [0, 0.05) is 0 Å². The fraction of sp³-hybridized carbons (Fsp3) is 0.316. The fourth-order valence-corrected chi connectivity index (χ4v) is 4.11. The van der Waals surface area contributed by atoms with Gasteiger partial charge in [-0.3, -0.25) is 4.84 Å². The van der Waals surface area contributed by atoms with Gasteiger partial charge in [0.05, 0.1) is 0 Å². The minimum Gasteiger partial charge on any atom is -0.443 e. The van der Waals surface area contributed by atoms with Crippen molar-refractivity contribution in [3.8, 4) is 0 Å². The number of halogens is 3. The number of hydroxylamine groups is 2. The molecule has 2 aliphatic heterocycles. The van der Waals surface area contributed by atoms with Crippen LogP contribution in [0.2, 0.25) is 0 Å². The highest BCUT2D eigenvalue weighted by atomic mass is 35.6. The van der Waals surface area contributed by atoms with E-state index in [0.717, 1.165) is 22.3 Å². The SMILES string of the molecule is CC12ON(C(=O)OCC(Cl)(Cl)Cl)C(C)(c3ccccc31)c1ccccc12. The molecular formula is C19H16Cl3NO3. The Balaban J connectivity index is 1.86. The van der Waals surface area contributed by atoms with Gasteiger partial charge in [0.2, 0.25) is 3.79 Å². The summed E-state index contributed by atoms with van der Waals surface area (Å²) in [5.41, 5.74) is 2.34. The van der Waals surface area contributed by atoms with Crippen molar-refractivity contribution in [2.24, 2.45) is 0 Å². The number of fused-ring (bicyclic) bond motifs is 1. The molecule has 0 radical (unpaired) electrons. The van der Waals surface area contributed by atoms with Crippen molar-refractivity contribution in [3.05, 3.63) is 70.8 Å². The molecular weight excluding hydrogens is 397 g/mol. The molecule has 2 heterocycles. The summed E-state index contributed by atoms with van der Waals surface area (Å²) in [6.45, 7) is 3.51. The van der Waals surface area contributed by atoms with Crippen molar-refractivity contribution in [1.29, 1.82) is 0 Å². The molecule has 26 heavy (non-hydrogen) atoms. The highest BCUT2D eigenvalue weighted by molar-refractivity contribution is 6.67. The Labute approximate surface area is 166 Å². The van der Waals surface area contributed by atoms with E-state index < -0.39 is 21.0 Å². The number of amides is 1. The Morgan fingerprint density at radius 2 is 1.46 bits per heavy atom. The molecule has 1 amide bonds. The van der Waals surface area contributed by atoms with Crippen LogP contribution >= 0.6 is 34.8 Å². The average Bonchev–Trinajstić information content (AvgIpc) is 2.62. The smallest absolute Gasteiger partial charge is 0.435 e. The topological polar surface area (TPSA) is 38.8 Å². The van der Waals surface area contributed by atoms with Crippen LogP contribution in [0.1, 0.15) is 36.1 Å². The quantitative estimate of drug-likeness (QED) is 0.598. The first kappa shape index (κ1) is 17.9. The number of alkyl halides is 3. The third-order valence-electron chi connectivity index (χ3n) is 5.14. The van der Waals surface area contributed by atoms with Gasteiger partial charge >= 0.3 is 6.09 Å². The molecule has 0 aromatic heterocycles. The van der Waals surface area contributed by atoms with Crippen LogP contribution in [-0.4, -0.2) is 21.6 Å². The number of ether oxygens (including phenoxy) is 1. The molecule has 0 unspecified atom stereocenters. The number of carbonyl (C=O) groups excluding carboxylic acids is 1. The van der Waals surface area contributed by atoms with Crippen LogP contribution < -0.4 is 0 Å². The number of hydrogen-bond donors (Lipinski definition) is 0. The second kappa shape index (κ2) is 5.77.